The summed E-state index contributed by atoms with van der Waals surface area (Å²) in [5.74, 6) is -0.280. The van der Waals surface area contributed by atoms with Crippen molar-refractivity contribution in [3.63, 3.8) is 0 Å². The summed E-state index contributed by atoms with van der Waals surface area (Å²) in [4.78, 5) is 27.5. The number of carbonyl (C=O) groups is 1. The van der Waals surface area contributed by atoms with Crippen molar-refractivity contribution < 1.29 is 17.9 Å². The number of aryl methyl sites for hydroxylation is 1. The highest BCUT2D eigenvalue weighted by Crippen LogP contribution is 2.30. The molecule has 222 valence electrons. The summed E-state index contributed by atoms with van der Waals surface area (Å²) in [6.45, 7) is 8.09. The highest BCUT2D eigenvalue weighted by atomic mass is 32.2. The van der Waals surface area contributed by atoms with Crippen molar-refractivity contribution in [3.05, 3.63) is 77.9 Å². The van der Waals surface area contributed by atoms with E-state index in [-0.39, 0.29) is 24.0 Å². The number of hydrogen-bond donors (Lipinski definition) is 1. The summed E-state index contributed by atoms with van der Waals surface area (Å²) in [6, 6.07) is 20.4. The quantitative estimate of drug-likeness (QED) is 0.317. The molecular formula is C31H38N6O4S. The van der Waals surface area contributed by atoms with Gasteiger partial charge >= 0.3 is 0 Å². The lowest BCUT2D eigenvalue weighted by Crippen LogP contribution is -2.47. The second-order valence-electron chi connectivity index (χ2n) is 10.0. The van der Waals surface area contributed by atoms with Crippen LogP contribution in [0.5, 0.6) is 5.75 Å². The van der Waals surface area contributed by atoms with Gasteiger partial charge in [0.15, 0.2) is 11.5 Å². The Kier molecular flexibility index (Phi) is 9.64. The Morgan fingerprint density at radius 2 is 1.74 bits per heavy atom. The van der Waals surface area contributed by atoms with E-state index < -0.39 is 15.9 Å². The van der Waals surface area contributed by atoms with Crippen molar-refractivity contribution in [1.29, 1.82) is 0 Å². The van der Waals surface area contributed by atoms with E-state index in [1.165, 1.54) is 21.2 Å². The van der Waals surface area contributed by atoms with Crippen molar-refractivity contribution in [3.8, 4) is 5.75 Å². The van der Waals surface area contributed by atoms with Gasteiger partial charge in [-0.2, -0.15) is 0 Å². The average Bonchev–Trinajstić information content (AvgIpc) is 2.97. The fourth-order valence-electron chi connectivity index (χ4n) is 4.64. The molecule has 1 heterocycles. The number of fused-ring (bicyclic) bond motifs is 1. The van der Waals surface area contributed by atoms with Crippen LogP contribution in [0.15, 0.2) is 76.7 Å². The fourth-order valence-corrected chi connectivity index (χ4v) is 5.48. The molecule has 0 aromatic heterocycles. The number of methoxy groups -OCH3 is 1. The third-order valence-electron chi connectivity index (χ3n) is 7.08. The standard InChI is InChI=1S/C31H38N6O4S/c1-7-36(8-2)24-17-18-25(22(3)19-24)32-29(31(38)34-27-15-11-12-16-28(27)41-6)30-33-26-14-10-9-13-23(26)20-37(30)21-42(39,40)35(4)5/h9-19H,7-8,20-21H2,1-6H3,(H,34,38). The molecule has 3 aromatic rings. The maximum Gasteiger partial charge on any atom is 0.278 e. The Morgan fingerprint density at radius 3 is 2.40 bits per heavy atom. The van der Waals surface area contributed by atoms with Crippen molar-refractivity contribution in [1.82, 2.24) is 9.21 Å². The topological polar surface area (TPSA) is 107 Å². The van der Waals surface area contributed by atoms with Gasteiger partial charge in [-0.1, -0.05) is 30.3 Å². The third kappa shape index (κ3) is 6.80. The number of nitrogens with zero attached hydrogens (tertiary/aromatic N) is 5. The first kappa shape index (κ1) is 30.7. The van der Waals surface area contributed by atoms with E-state index in [1.807, 2.05) is 49.4 Å². The Hall–Kier alpha value is -4.22. The molecule has 11 heteroatoms. The number of rotatable bonds is 11. The van der Waals surface area contributed by atoms with E-state index in [2.05, 4.69) is 24.1 Å². The molecule has 1 N–H and O–H groups in total. The lowest BCUT2D eigenvalue weighted by Gasteiger charge is -2.31. The number of carbonyl (C=O) groups excluding carboxylic acids is 1. The van der Waals surface area contributed by atoms with Crippen LogP contribution in [0.2, 0.25) is 0 Å². The third-order valence-corrected chi connectivity index (χ3v) is 8.83. The lowest BCUT2D eigenvalue weighted by atomic mass is 10.1. The van der Waals surface area contributed by atoms with Crippen LogP contribution in [0.25, 0.3) is 0 Å². The van der Waals surface area contributed by atoms with Crippen LogP contribution in [0.1, 0.15) is 25.0 Å². The minimum absolute atomic E-state index is 0.0111. The molecule has 10 nitrogen and oxygen atoms in total. The predicted molar refractivity (Wildman–Crippen MR) is 170 cm³/mol. The Labute approximate surface area is 248 Å². The van der Waals surface area contributed by atoms with Gasteiger partial charge in [-0.3, -0.25) is 4.79 Å². The zero-order valence-corrected chi connectivity index (χ0v) is 25.8. The molecule has 4 rings (SSSR count). The van der Waals surface area contributed by atoms with Crippen LogP contribution in [0.4, 0.5) is 22.7 Å². The van der Waals surface area contributed by atoms with Gasteiger partial charge in [0, 0.05) is 39.4 Å². The number of amidine groups is 1. The van der Waals surface area contributed by atoms with Crippen molar-refractivity contribution in [2.24, 2.45) is 9.98 Å². The highest BCUT2D eigenvalue weighted by molar-refractivity contribution is 7.89. The molecule has 0 unspecified atom stereocenters. The smallest absolute Gasteiger partial charge is 0.278 e. The number of nitrogens with one attached hydrogen (secondary N) is 1. The number of ether oxygens (including phenoxy) is 1. The molecule has 0 atom stereocenters. The van der Waals surface area contributed by atoms with Crippen LogP contribution in [0, 0.1) is 6.92 Å². The fraction of sp³-hybridized carbons (Fsp3) is 0.323. The van der Waals surface area contributed by atoms with Crippen molar-refractivity contribution in [2.75, 3.05) is 50.4 Å². The molecule has 0 fully saturated rings. The Balaban J connectivity index is 1.88. The van der Waals surface area contributed by atoms with Gasteiger partial charge in [0.05, 0.1) is 24.2 Å². The van der Waals surface area contributed by atoms with Crippen LogP contribution in [0.3, 0.4) is 0 Å². The Morgan fingerprint density at radius 1 is 1.05 bits per heavy atom. The number of aliphatic imine (C=N–C) groups is 2. The van der Waals surface area contributed by atoms with E-state index in [4.69, 9.17) is 14.7 Å². The van der Waals surface area contributed by atoms with Gasteiger partial charge < -0.3 is 19.9 Å². The Bertz CT molecular complexity index is 1610. The maximum atomic E-state index is 14.0. The van der Waals surface area contributed by atoms with Gasteiger partial charge in [0.1, 0.15) is 11.6 Å². The molecule has 0 aliphatic carbocycles. The number of hydrogen-bond acceptors (Lipinski definition) is 8. The summed E-state index contributed by atoms with van der Waals surface area (Å²) >= 11 is 0. The van der Waals surface area contributed by atoms with Gasteiger partial charge in [-0.05, 0) is 68.3 Å². The SMILES string of the molecule is CCN(CC)c1ccc(N=C(C(=O)Nc2ccccc2OC)C2=Nc3ccccc3CN2CS(=O)(=O)N(C)C)c(C)c1. The monoisotopic (exact) mass is 590 g/mol. The van der Waals surface area contributed by atoms with E-state index in [9.17, 15) is 13.2 Å². The van der Waals surface area contributed by atoms with E-state index >= 15 is 0 Å². The van der Waals surface area contributed by atoms with Crippen molar-refractivity contribution >= 4 is 50.2 Å². The van der Waals surface area contributed by atoms with Gasteiger partial charge in [0.2, 0.25) is 10.0 Å². The molecule has 0 saturated heterocycles. The van der Waals surface area contributed by atoms with Crippen LogP contribution < -0.4 is 15.0 Å². The predicted octanol–water partition coefficient (Wildman–Crippen LogP) is 4.96. The second kappa shape index (κ2) is 13.2. The van der Waals surface area contributed by atoms with E-state index in [0.717, 1.165) is 34.2 Å². The minimum atomic E-state index is -3.70. The molecular weight excluding hydrogens is 552 g/mol. The van der Waals surface area contributed by atoms with E-state index in [0.29, 0.717) is 22.8 Å². The normalized spacial score (nSPS) is 13.5. The summed E-state index contributed by atoms with van der Waals surface area (Å²) < 4.78 is 32.7. The number of sulfonamides is 1. The molecule has 0 spiro atoms. The largest absolute Gasteiger partial charge is 0.495 e. The summed E-state index contributed by atoms with van der Waals surface area (Å²) in [5, 5.41) is 2.91. The number of benzene rings is 3. The summed E-state index contributed by atoms with van der Waals surface area (Å²) in [5.41, 5.74) is 4.44. The van der Waals surface area contributed by atoms with Crippen LogP contribution in [-0.2, 0) is 21.4 Å². The molecule has 0 bridgehead atoms. The molecule has 0 radical (unpaired) electrons. The number of para-hydroxylation sites is 3. The zero-order valence-electron chi connectivity index (χ0n) is 25.0. The first-order chi connectivity index (χ1) is 20.1. The highest BCUT2D eigenvalue weighted by Gasteiger charge is 2.32. The second-order valence-corrected chi connectivity index (χ2v) is 12.2. The maximum absolute atomic E-state index is 14.0. The van der Waals surface area contributed by atoms with Gasteiger partial charge in [-0.15, -0.1) is 0 Å². The summed E-state index contributed by atoms with van der Waals surface area (Å²) in [6.07, 6.45) is 0. The van der Waals surface area contributed by atoms with E-state index in [1.54, 1.807) is 29.2 Å². The first-order valence-electron chi connectivity index (χ1n) is 13.8. The molecule has 0 saturated carbocycles. The van der Waals surface area contributed by atoms with Gasteiger partial charge in [-0.25, -0.2) is 22.7 Å². The molecule has 1 aliphatic heterocycles. The average molecular weight is 591 g/mol. The minimum Gasteiger partial charge on any atom is -0.495 e. The summed E-state index contributed by atoms with van der Waals surface area (Å²) in [7, 11) is 0.787. The lowest BCUT2D eigenvalue weighted by molar-refractivity contribution is -0.110. The van der Waals surface area contributed by atoms with Gasteiger partial charge in [0.25, 0.3) is 5.91 Å². The molecule has 3 aromatic carbocycles. The first-order valence-corrected chi connectivity index (χ1v) is 15.4. The van der Waals surface area contributed by atoms with Crippen LogP contribution >= 0.6 is 0 Å². The molecule has 42 heavy (non-hydrogen) atoms. The van der Waals surface area contributed by atoms with Crippen molar-refractivity contribution in [2.45, 2.75) is 27.3 Å². The van der Waals surface area contributed by atoms with Crippen LogP contribution in [-0.4, -0.2) is 75.2 Å². The molecule has 1 aliphatic rings. The molecule has 1 amide bonds. The number of anilines is 2. The zero-order chi connectivity index (χ0) is 30.4. The number of amides is 1.